The van der Waals surface area contributed by atoms with Gasteiger partial charge < -0.3 is 15.4 Å². The lowest BCUT2D eigenvalue weighted by Crippen LogP contribution is -2.17. The number of amides is 2. The summed E-state index contributed by atoms with van der Waals surface area (Å²) in [6.07, 6.45) is 0. The fourth-order valence-electron chi connectivity index (χ4n) is 4.16. The quantitative estimate of drug-likeness (QED) is 0.838. The maximum Gasteiger partial charge on any atom is 0.251 e. The summed E-state index contributed by atoms with van der Waals surface area (Å²) in [7, 11) is 1.55. The van der Waals surface area contributed by atoms with Gasteiger partial charge in [-0.3, -0.25) is 9.59 Å². The van der Waals surface area contributed by atoms with E-state index in [-0.39, 0.29) is 29.1 Å². The zero-order valence-corrected chi connectivity index (χ0v) is 16.2. The predicted octanol–water partition coefficient (Wildman–Crippen LogP) is 3.97. The van der Waals surface area contributed by atoms with Crippen LogP contribution >= 0.6 is 11.6 Å². The molecule has 0 radical (unpaired) electrons. The van der Waals surface area contributed by atoms with E-state index >= 15 is 0 Å². The lowest BCUT2D eigenvalue weighted by Gasteiger charge is -2.11. The van der Waals surface area contributed by atoms with Gasteiger partial charge in [0.2, 0.25) is 5.91 Å². The van der Waals surface area contributed by atoms with Gasteiger partial charge in [-0.25, -0.2) is 0 Å². The van der Waals surface area contributed by atoms with Gasteiger partial charge in [-0.2, -0.15) is 0 Å². The number of nitrogens with one attached hydrogen (secondary N) is 2. The molecule has 1 fully saturated rings. The third-order valence-electron chi connectivity index (χ3n) is 5.71. The minimum atomic E-state index is -0.195. The van der Waals surface area contributed by atoms with Crippen LogP contribution in [-0.2, 0) is 11.3 Å². The van der Waals surface area contributed by atoms with Crippen molar-refractivity contribution in [2.45, 2.75) is 26.3 Å². The molecule has 2 aromatic rings. The highest BCUT2D eigenvalue weighted by atomic mass is 35.5. The Hall–Kier alpha value is -2.53. The van der Waals surface area contributed by atoms with Gasteiger partial charge in [0, 0.05) is 23.0 Å². The predicted molar refractivity (Wildman–Crippen MR) is 104 cm³/mol. The summed E-state index contributed by atoms with van der Waals surface area (Å²) in [6.45, 7) is 4.72. The molecule has 2 aromatic carbocycles. The summed E-state index contributed by atoms with van der Waals surface area (Å²) >= 11 is 6.06. The number of methoxy groups -OCH3 is 1. The van der Waals surface area contributed by atoms with Crippen molar-refractivity contribution in [1.29, 1.82) is 0 Å². The molecule has 0 spiro atoms. The number of fused-ring (bicyclic) bond motifs is 1. The molecule has 140 valence electrons. The second-order valence-electron chi connectivity index (χ2n) is 7.71. The van der Waals surface area contributed by atoms with Crippen molar-refractivity contribution in [3.05, 3.63) is 58.1 Å². The number of halogens is 1. The first-order valence-corrected chi connectivity index (χ1v) is 9.26. The largest absolute Gasteiger partial charge is 0.495 e. The van der Waals surface area contributed by atoms with Crippen LogP contribution in [0.1, 0.15) is 41.3 Å². The van der Waals surface area contributed by atoms with E-state index in [1.807, 2.05) is 18.2 Å². The standard InChI is InChI=1S/C21H21ClN2O3/c1-21(2)17(11-4-5-12-10-23-19(25)14(12)8-11)18(21)20(26)24-15-9-13(22)6-7-16(15)27-3/h4-9,17-18H,10H2,1-3H3,(H,23,25)(H,24,26). The van der Waals surface area contributed by atoms with Crippen LogP contribution in [0.25, 0.3) is 0 Å². The number of benzene rings is 2. The van der Waals surface area contributed by atoms with Crippen LogP contribution in [0.15, 0.2) is 36.4 Å². The first-order chi connectivity index (χ1) is 12.8. The van der Waals surface area contributed by atoms with Gasteiger partial charge >= 0.3 is 0 Å². The number of carbonyl (C=O) groups excluding carboxylic acids is 2. The van der Waals surface area contributed by atoms with Crippen LogP contribution in [0.5, 0.6) is 5.75 Å². The molecule has 2 atom stereocenters. The number of carbonyl (C=O) groups is 2. The van der Waals surface area contributed by atoms with E-state index in [0.29, 0.717) is 28.6 Å². The van der Waals surface area contributed by atoms with Crippen molar-refractivity contribution in [1.82, 2.24) is 5.32 Å². The average molecular weight is 385 g/mol. The third-order valence-corrected chi connectivity index (χ3v) is 5.94. The summed E-state index contributed by atoms with van der Waals surface area (Å²) in [6, 6.07) is 11.1. The van der Waals surface area contributed by atoms with Crippen LogP contribution in [0.3, 0.4) is 0 Å². The van der Waals surface area contributed by atoms with Crippen molar-refractivity contribution in [2.24, 2.45) is 11.3 Å². The van der Waals surface area contributed by atoms with Crippen LogP contribution in [-0.4, -0.2) is 18.9 Å². The van der Waals surface area contributed by atoms with Gasteiger partial charge in [0.15, 0.2) is 0 Å². The highest BCUT2D eigenvalue weighted by Gasteiger charge is 2.62. The van der Waals surface area contributed by atoms with Crippen molar-refractivity contribution in [3.63, 3.8) is 0 Å². The molecule has 5 nitrogen and oxygen atoms in total. The van der Waals surface area contributed by atoms with Crippen LogP contribution in [0.4, 0.5) is 5.69 Å². The fourth-order valence-corrected chi connectivity index (χ4v) is 4.33. The minimum Gasteiger partial charge on any atom is -0.495 e. The van der Waals surface area contributed by atoms with E-state index in [1.165, 1.54) is 0 Å². The molecule has 1 heterocycles. The molecule has 2 aliphatic rings. The molecule has 0 aromatic heterocycles. The molecule has 1 aliphatic carbocycles. The second-order valence-corrected chi connectivity index (χ2v) is 8.15. The molecule has 4 rings (SSSR count). The molecule has 1 aliphatic heterocycles. The first-order valence-electron chi connectivity index (χ1n) is 8.88. The van der Waals surface area contributed by atoms with E-state index in [4.69, 9.17) is 16.3 Å². The average Bonchev–Trinajstić information content (AvgIpc) is 3.02. The van der Waals surface area contributed by atoms with E-state index in [1.54, 1.807) is 25.3 Å². The number of anilines is 1. The van der Waals surface area contributed by atoms with Crippen molar-refractivity contribution < 1.29 is 14.3 Å². The van der Waals surface area contributed by atoms with Crippen LogP contribution in [0.2, 0.25) is 5.02 Å². The zero-order valence-electron chi connectivity index (χ0n) is 15.4. The van der Waals surface area contributed by atoms with Crippen LogP contribution < -0.4 is 15.4 Å². The Morgan fingerprint density at radius 2 is 2.04 bits per heavy atom. The Balaban J connectivity index is 1.58. The Kier molecular flexibility index (Phi) is 4.15. The highest BCUT2D eigenvalue weighted by Crippen LogP contribution is 2.64. The van der Waals surface area contributed by atoms with Crippen molar-refractivity contribution >= 4 is 29.1 Å². The van der Waals surface area contributed by atoms with Gasteiger partial charge in [-0.1, -0.05) is 37.6 Å². The minimum absolute atomic E-state index is 0.0463. The molecule has 0 saturated heterocycles. The Labute approximate surface area is 163 Å². The third kappa shape index (κ3) is 2.96. The number of hydrogen-bond acceptors (Lipinski definition) is 3. The van der Waals surface area contributed by atoms with Gasteiger partial charge in [-0.15, -0.1) is 0 Å². The second kappa shape index (κ2) is 6.27. The molecule has 0 bridgehead atoms. The smallest absolute Gasteiger partial charge is 0.251 e. The monoisotopic (exact) mass is 384 g/mol. The topological polar surface area (TPSA) is 67.4 Å². The maximum absolute atomic E-state index is 13.0. The Bertz CT molecular complexity index is 954. The fraction of sp³-hybridized carbons (Fsp3) is 0.333. The summed E-state index contributed by atoms with van der Waals surface area (Å²) in [5.74, 6) is 0.313. The summed E-state index contributed by atoms with van der Waals surface area (Å²) in [5.41, 5.74) is 3.11. The van der Waals surface area contributed by atoms with E-state index in [2.05, 4.69) is 24.5 Å². The molecule has 2 N–H and O–H groups in total. The highest BCUT2D eigenvalue weighted by molar-refractivity contribution is 6.31. The van der Waals surface area contributed by atoms with Crippen LogP contribution in [0, 0.1) is 11.3 Å². The first kappa shape index (κ1) is 17.9. The maximum atomic E-state index is 13.0. The molecule has 2 amide bonds. The molecule has 2 unspecified atom stereocenters. The van der Waals surface area contributed by atoms with Crippen molar-refractivity contribution in [3.8, 4) is 5.75 Å². The summed E-state index contributed by atoms with van der Waals surface area (Å²) in [5, 5.41) is 6.32. The molecule has 1 saturated carbocycles. The number of rotatable bonds is 4. The van der Waals surface area contributed by atoms with Gasteiger partial charge in [0.05, 0.1) is 18.7 Å². The van der Waals surface area contributed by atoms with Gasteiger partial charge in [0.1, 0.15) is 5.75 Å². The Morgan fingerprint density at radius 1 is 1.26 bits per heavy atom. The lowest BCUT2D eigenvalue weighted by atomic mass is 9.99. The van der Waals surface area contributed by atoms with Crippen molar-refractivity contribution in [2.75, 3.05) is 12.4 Å². The van der Waals surface area contributed by atoms with E-state index in [9.17, 15) is 9.59 Å². The molecule has 27 heavy (non-hydrogen) atoms. The Morgan fingerprint density at radius 3 is 2.78 bits per heavy atom. The zero-order chi connectivity index (χ0) is 19.3. The van der Waals surface area contributed by atoms with Gasteiger partial charge in [0.25, 0.3) is 5.91 Å². The molecule has 6 heteroatoms. The number of ether oxygens (including phenoxy) is 1. The number of hydrogen-bond donors (Lipinski definition) is 2. The van der Waals surface area contributed by atoms with E-state index in [0.717, 1.165) is 11.1 Å². The molecular formula is C21H21ClN2O3. The van der Waals surface area contributed by atoms with Gasteiger partial charge in [-0.05, 0) is 40.8 Å². The normalized spacial score (nSPS) is 22.0. The summed E-state index contributed by atoms with van der Waals surface area (Å²) in [4.78, 5) is 24.9. The lowest BCUT2D eigenvalue weighted by molar-refractivity contribution is -0.118. The molecular weight excluding hydrogens is 364 g/mol. The van der Waals surface area contributed by atoms with E-state index < -0.39 is 0 Å². The SMILES string of the molecule is COc1ccc(Cl)cc1NC(=O)C1C(c2ccc3c(c2)C(=O)NC3)C1(C)C. The summed E-state index contributed by atoms with van der Waals surface area (Å²) < 4.78 is 5.31.